The van der Waals surface area contributed by atoms with E-state index in [-0.39, 0.29) is 31.7 Å². The third-order valence-electron chi connectivity index (χ3n) is 4.06. The van der Waals surface area contributed by atoms with Gasteiger partial charge >= 0.3 is 0 Å². The highest BCUT2D eigenvalue weighted by molar-refractivity contribution is 5.34. The monoisotopic (exact) mass is 389 g/mol. The van der Waals surface area contributed by atoms with E-state index in [0.29, 0.717) is 22.7 Å². The van der Waals surface area contributed by atoms with Gasteiger partial charge in [-0.25, -0.2) is 0 Å². The smallest absolute Gasteiger partial charge is 0.269 e. The fourth-order valence-corrected chi connectivity index (χ4v) is 2.59. The van der Waals surface area contributed by atoms with Crippen LogP contribution in [0.1, 0.15) is 42.1 Å². The first-order chi connectivity index (χ1) is 13.4. The first-order valence-corrected chi connectivity index (χ1v) is 8.66. The Bertz CT molecular complexity index is 834. The van der Waals surface area contributed by atoms with Crippen LogP contribution in [0.5, 0.6) is 0 Å². The summed E-state index contributed by atoms with van der Waals surface area (Å²) in [6, 6.07) is 8.90. The summed E-state index contributed by atoms with van der Waals surface area (Å²) in [5, 5.41) is 40.2. The Hall–Kier alpha value is -2.74. The Kier molecular flexibility index (Phi) is 8.13. The van der Waals surface area contributed by atoms with Gasteiger partial charge in [0.05, 0.1) is 17.6 Å². The Balaban J connectivity index is 2.03. The van der Waals surface area contributed by atoms with Crippen molar-refractivity contribution in [1.29, 1.82) is 0 Å². The minimum atomic E-state index is -0.879. The summed E-state index contributed by atoms with van der Waals surface area (Å²) < 4.78 is 10.4. The molecule has 28 heavy (non-hydrogen) atoms. The molecular weight excluding hydrogens is 366 g/mol. The minimum absolute atomic E-state index is 0.0419. The molecule has 0 fully saturated rings. The average Bonchev–Trinajstić information content (AvgIpc) is 3.17. The van der Waals surface area contributed by atoms with Crippen molar-refractivity contribution in [3.05, 3.63) is 81.0 Å². The highest BCUT2D eigenvalue weighted by Crippen LogP contribution is 2.24. The number of hydrogen-bond acceptors (Lipinski definition) is 7. The van der Waals surface area contributed by atoms with E-state index in [0.717, 1.165) is 0 Å². The normalized spacial score (nSPS) is 12.9. The zero-order valence-corrected chi connectivity index (χ0v) is 15.4. The summed E-state index contributed by atoms with van der Waals surface area (Å²) in [5.74, 6) is 0.723. The van der Waals surface area contributed by atoms with E-state index in [4.69, 9.17) is 14.3 Å². The number of non-ortho nitro benzene ring substituents is 1. The third kappa shape index (κ3) is 6.16. The molecule has 8 nitrogen and oxygen atoms in total. The van der Waals surface area contributed by atoms with E-state index in [1.807, 2.05) is 0 Å². The minimum Gasteiger partial charge on any atom is -0.461 e. The van der Waals surface area contributed by atoms with Gasteiger partial charge in [0.25, 0.3) is 5.69 Å². The van der Waals surface area contributed by atoms with Crippen LogP contribution in [-0.2, 0) is 11.3 Å². The molecule has 150 valence electrons. The van der Waals surface area contributed by atoms with Crippen LogP contribution in [0.3, 0.4) is 0 Å². The topological polar surface area (TPSA) is 126 Å². The van der Waals surface area contributed by atoms with Crippen LogP contribution in [0.15, 0.2) is 58.2 Å². The van der Waals surface area contributed by atoms with Gasteiger partial charge in [-0.05, 0) is 41.5 Å². The quantitative estimate of drug-likeness (QED) is 0.324. The third-order valence-corrected chi connectivity index (χ3v) is 4.06. The van der Waals surface area contributed by atoms with Crippen molar-refractivity contribution in [3.8, 4) is 0 Å². The highest BCUT2D eigenvalue weighted by Gasteiger charge is 2.13. The molecular formula is C20H23NO7. The Labute approximate surface area is 162 Å². The highest BCUT2D eigenvalue weighted by atomic mass is 16.6. The van der Waals surface area contributed by atoms with E-state index in [2.05, 4.69) is 5.73 Å². The summed E-state index contributed by atoms with van der Waals surface area (Å²) in [7, 11) is 1.52. The number of rotatable bonds is 10. The van der Waals surface area contributed by atoms with Gasteiger partial charge in [0.15, 0.2) is 0 Å². The fourth-order valence-electron chi connectivity index (χ4n) is 2.59. The van der Waals surface area contributed by atoms with Crippen molar-refractivity contribution in [1.82, 2.24) is 0 Å². The summed E-state index contributed by atoms with van der Waals surface area (Å²) >= 11 is 0. The van der Waals surface area contributed by atoms with Gasteiger partial charge in [-0.15, -0.1) is 5.73 Å². The first kappa shape index (κ1) is 21.6. The largest absolute Gasteiger partial charge is 0.461 e. The fraction of sp³-hybridized carbons (Fsp3) is 0.350. The molecule has 0 saturated heterocycles. The molecule has 0 bridgehead atoms. The molecule has 0 aliphatic carbocycles. The molecule has 1 heterocycles. The summed E-state index contributed by atoms with van der Waals surface area (Å²) in [6.45, 7) is 0.00697. The number of aliphatic hydroxyl groups is 3. The van der Waals surface area contributed by atoms with Crippen LogP contribution in [0.2, 0.25) is 0 Å². The van der Waals surface area contributed by atoms with Gasteiger partial charge in [-0.2, -0.15) is 0 Å². The van der Waals surface area contributed by atoms with Crippen LogP contribution in [0.25, 0.3) is 0 Å². The lowest BCUT2D eigenvalue weighted by Crippen LogP contribution is -2.03. The lowest BCUT2D eigenvalue weighted by atomic mass is 10.0. The van der Waals surface area contributed by atoms with Crippen LogP contribution >= 0.6 is 0 Å². The van der Waals surface area contributed by atoms with Gasteiger partial charge in [0.1, 0.15) is 24.2 Å². The standard InChI is InChI=1S/C20H23NO7/c1-27-13-14(3-2-4-18(23)20-10-9-17(12-22)28-20)11-19(24)15-5-7-16(8-6-15)21(25)26/h2,5-10,18-19,22-24H,4,11-13H2,1H3/t3?,18-,19-/m1/s1. The zero-order chi connectivity index (χ0) is 20.5. The van der Waals surface area contributed by atoms with E-state index in [1.165, 1.54) is 31.4 Å². The second-order valence-electron chi connectivity index (χ2n) is 6.17. The van der Waals surface area contributed by atoms with Crippen molar-refractivity contribution < 1.29 is 29.4 Å². The SMILES string of the molecule is COCC(=C=CC[C@@H](O)c1ccc(CO)o1)C[C@@H](O)c1ccc([N+](=O)[O-])cc1. The second-order valence-corrected chi connectivity index (χ2v) is 6.17. The van der Waals surface area contributed by atoms with Crippen LogP contribution < -0.4 is 0 Å². The molecule has 0 spiro atoms. The zero-order valence-electron chi connectivity index (χ0n) is 15.4. The molecule has 0 aliphatic rings. The molecule has 2 aromatic rings. The lowest BCUT2D eigenvalue weighted by Gasteiger charge is -2.12. The Morgan fingerprint density at radius 2 is 1.96 bits per heavy atom. The van der Waals surface area contributed by atoms with Crippen LogP contribution in [-0.4, -0.2) is 34.0 Å². The number of aliphatic hydroxyl groups excluding tert-OH is 3. The number of nitro benzene ring substituents is 1. The van der Waals surface area contributed by atoms with Crippen molar-refractivity contribution in [2.45, 2.75) is 31.7 Å². The second kappa shape index (κ2) is 10.6. The average molecular weight is 389 g/mol. The lowest BCUT2D eigenvalue weighted by molar-refractivity contribution is -0.384. The van der Waals surface area contributed by atoms with E-state index in [9.17, 15) is 20.3 Å². The van der Waals surface area contributed by atoms with E-state index >= 15 is 0 Å². The molecule has 3 N–H and O–H groups in total. The molecule has 2 rings (SSSR count). The molecule has 1 aromatic heterocycles. The summed E-state index contributed by atoms with van der Waals surface area (Å²) in [4.78, 5) is 10.2. The summed E-state index contributed by atoms with van der Waals surface area (Å²) in [6.07, 6.45) is 0.348. The molecule has 8 heteroatoms. The number of furan rings is 1. The number of nitro groups is 1. The number of methoxy groups -OCH3 is 1. The van der Waals surface area contributed by atoms with Gasteiger partial charge in [-0.3, -0.25) is 10.1 Å². The maximum absolute atomic E-state index is 10.7. The number of hydrogen-bond donors (Lipinski definition) is 3. The van der Waals surface area contributed by atoms with Gasteiger partial charge in [0, 0.05) is 32.1 Å². The first-order valence-electron chi connectivity index (χ1n) is 8.66. The van der Waals surface area contributed by atoms with Crippen LogP contribution in [0, 0.1) is 10.1 Å². The van der Waals surface area contributed by atoms with Gasteiger partial charge in [0.2, 0.25) is 0 Å². The Morgan fingerprint density at radius 1 is 1.25 bits per heavy atom. The number of ether oxygens (including phenoxy) is 1. The molecule has 0 amide bonds. The molecule has 1 aromatic carbocycles. The van der Waals surface area contributed by atoms with Gasteiger partial charge in [-0.1, -0.05) is 0 Å². The molecule has 2 atom stereocenters. The van der Waals surface area contributed by atoms with Crippen molar-refractivity contribution >= 4 is 5.69 Å². The van der Waals surface area contributed by atoms with Crippen molar-refractivity contribution in [2.24, 2.45) is 0 Å². The predicted molar refractivity (Wildman–Crippen MR) is 100 cm³/mol. The molecule has 0 radical (unpaired) electrons. The van der Waals surface area contributed by atoms with E-state index in [1.54, 1.807) is 18.2 Å². The summed E-state index contributed by atoms with van der Waals surface area (Å²) in [5.41, 5.74) is 4.20. The molecule has 0 aliphatic heterocycles. The number of benzene rings is 1. The van der Waals surface area contributed by atoms with Crippen molar-refractivity contribution in [2.75, 3.05) is 13.7 Å². The predicted octanol–water partition coefficient (Wildman–Crippen LogP) is 2.96. The van der Waals surface area contributed by atoms with Crippen LogP contribution in [0.4, 0.5) is 5.69 Å². The van der Waals surface area contributed by atoms with Gasteiger partial charge < -0.3 is 24.5 Å². The molecule has 0 unspecified atom stereocenters. The van der Waals surface area contributed by atoms with E-state index < -0.39 is 17.1 Å². The molecule has 0 saturated carbocycles. The maximum Gasteiger partial charge on any atom is 0.269 e. The maximum atomic E-state index is 10.7. The van der Waals surface area contributed by atoms with Crippen molar-refractivity contribution in [3.63, 3.8) is 0 Å². The Morgan fingerprint density at radius 3 is 2.54 bits per heavy atom. The number of nitrogens with zero attached hydrogens (tertiary/aromatic N) is 1.